The predicted molar refractivity (Wildman–Crippen MR) is 109 cm³/mol. The van der Waals surface area contributed by atoms with Gasteiger partial charge in [-0.25, -0.2) is 8.42 Å². The van der Waals surface area contributed by atoms with Crippen LogP contribution in [0.4, 0.5) is 5.69 Å². The fourth-order valence-corrected chi connectivity index (χ4v) is 5.08. The van der Waals surface area contributed by atoms with Crippen LogP contribution in [0.15, 0.2) is 28.5 Å². The van der Waals surface area contributed by atoms with E-state index in [9.17, 15) is 13.2 Å². The van der Waals surface area contributed by atoms with Crippen LogP contribution >= 0.6 is 34.5 Å². The van der Waals surface area contributed by atoms with Crippen LogP contribution in [0.1, 0.15) is 29.6 Å². The lowest BCUT2D eigenvalue weighted by molar-refractivity contribution is 0.0977. The summed E-state index contributed by atoms with van der Waals surface area (Å²) in [6.45, 7) is 0. The van der Waals surface area contributed by atoms with Gasteiger partial charge in [-0.2, -0.15) is 0 Å². The van der Waals surface area contributed by atoms with Crippen molar-refractivity contribution in [2.24, 2.45) is 0 Å². The van der Waals surface area contributed by atoms with Crippen LogP contribution in [-0.4, -0.2) is 34.3 Å². The van der Waals surface area contributed by atoms with Gasteiger partial charge in [-0.3, -0.25) is 9.52 Å². The topological polar surface area (TPSA) is 81.7 Å². The van der Waals surface area contributed by atoms with Crippen molar-refractivity contribution < 1.29 is 22.7 Å². The van der Waals surface area contributed by atoms with Gasteiger partial charge in [0.05, 0.1) is 29.8 Å². The van der Waals surface area contributed by atoms with E-state index >= 15 is 0 Å². The number of anilines is 1. The Kier molecular flexibility index (Phi) is 7.79. The molecule has 0 aliphatic carbocycles. The van der Waals surface area contributed by atoms with Crippen LogP contribution in [0.25, 0.3) is 0 Å². The molecule has 0 unspecified atom stereocenters. The Hall–Kier alpha value is -1.48. The van der Waals surface area contributed by atoms with Gasteiger partial charge in [-0.05, 0) is 31.0 Å². The van der Waals surface area contributed by atoms with E-state index in [4.69, 9.17) is 32.7 Å². The smallest absolute Gasteiger partial charge is 0.271 e. The molecule has 6 nitrogen and oxygen atoms in total. The predicted octanol–water partition coefficient (Wildman–Crippen LogP) is 4.81. The van der Waals surface area contributed by atoms with Gasteiger partial charge in [0.25, 0.3) is 10.0 Å². The number of carbonyl (C=O) groups is 1. The maximum absolute atomic E-state index is 12.6. The van der Waals surface area contributed by atoms with Gasteiger partial charge in [0.2, 0.25) is 0 Å². The largest absolute Gasteiger partial charge is 0.496 e. The zero-order chi connectivity index (χ0) is 20.0. The molecule has 0 amide bonds. The quantitative estimate of drug-likeness (QED) is 0.318. The molecule has 0 atom stereocenters. The average Bonchev–Trinajstić information content (AvgIpc) is 3.08. The molecule has 0 fully saturated rings. The summed E-state index contributed by atoms with van der Waals surface area (Å²) in [5, 5.41) is 0. The molecule has 1 heterocycles. The Balaban J connectivity index is 2.40. The van der Waals surface area contributed by atoms with E-state index in [1.54, 1.807) is 0 Å². The van der Waals surface area contributed by atoms with E-state index in [0.717, 1.165) is 11.3 Å². The Labute approximate surface area is 172 Å². The summed E-state index contributed by atoms with van der Waals surface area (Å²) in [6.07, 6.45) is 1.62. The van der Waals surface area contributed by atoms with E-state index in [-0.39, 0.29) is 33.4 Å². The van der Waals surface area contributed by atoms with Gasteiger partial charge in [0.1, 0.15) is 15.7 Å². The summed E-state index contributed by atoms with van der Waals surface area (Å²) in [5.74, 6) is 0.848. The van der Waals surface area contributed by atoms with Crippen LogP contribution in [-0.2, 0) is 10.0 Å². The van der Waals surface area contributed by atoms with Crippen LogP contribution < -0.4 is 14.2 Å². The van der Waals surface area contributed by atoms with Crippen molar-refractivity contribution in [1.29, 1.82) is 0 Å². The average molecular weight is 452 g/mol. The van der Waals surface area contributed by atoms with E-state index in [1.165, 1.54) is 38.5 Å². The highest BCUT2D eigenvalue weighted by Gasteiger charge is 2.22. The van der Waals surface area contributed by atoms with Crippen LogP contribution in [0.5, 0.6) is 11.5 Å². The molecule has 0 saturated carbocycles. The van der Waals surface area contributed by atoms with E-state index in [1.807, 2.05) is 0 Å². The molecule has 0 saturated heterocycles. The number of halogens is 2. The summed E-state index contributed by atoms with van der Waals surface area (Å²) >= 11 is 12.4. The highest BCUT2D eigenvalue weighted by molar-refractivity contribution is 7.94. The molecule has 0 bridgehead atoms. The minimum Gasteiger partial charge on any atom is -0.496 e. The molecule has 148 valence electrons. The number of unbranched alkanes of at least 4 members (excludes halogenated alkanes) is 1. The fourth-order valence-electron chi connectivity index (χ4n) is 2.35. The molecule has 2 rings (SSSR count). The first kappa shape index (κ1) is 21.8. The van der Waals surface area contributed by atoms with Crippen LogP contribution in [0, 0.1) is 0 Å². The molecule has 10 heteroatoms. The van der Waals surface area contributed by atoms with Gasteiger partial charge in [0.15, 0.2) is 5.78 Å². The monoisotopic (exact) mass is 451 g/mol. The van der Waals surface area contributed by atoms with Crippen molar-refractivity contribution in [2.45, 2.75) is 23.5 Å². The van der Waals surface area contributed by atoms with Crippen molar-refractivity contribution in [3.63, 3.8) is 0 Å². The minimum absolute atomic E-state index is 0.0559. The van der Waals surface area contributed by atoms with Crippen LogP contribution in [0.2, 0.25) is 4.34 Å². The highest BCUT2D eigenvalue weighted by atomic mass is 35.5. The highest BCUT2D eigenvalue weighted by Crippen LogP contribution is 2.36. The van der Waals surface area contributed by atoms with Crippen molar-refractivity contribution >= 4 is 56.0 Å². The molecule has 2 aromatic rings. The lowest BCUT2D eigenvalue weighted by Gasteiger charge is -2.15. The first-order valence-electron chi connectivity index (χ1n) is 7.95. The van der Waals surface area contributed by atoms with E-state index in [2.05, 4.69) is 4.72 Å². The molecule has 1 aromatic carbocycles. The number of nitrogens with one attached hydrogen (secondary N) is 1. The van der Waals surface area contributed by atoms with Crippen LogP contribution in [0.3, 0.4) is 0 Å². The van der Waals surface area contributed by atoms with Crippen molar-refractivity contribution in [1.82, 2.24) is 0 Å². The Bertz CT molecular complexity index is 912. The molecule has 0 spiro atoms. The first-order valence-corrected chi connectivity index (χ1v) is 11.2. The lowest BCUT2D eigenvalue weighted by Crippen LogP contribution is -2.13. The standard InChI is InChI=1S/C17H19Cl2NO5S2/c1-24-14-10-15(25-2)12(9-11(14)13(21)5-3-4-8-18)20-27(22,23)17-7-6-16(19)26-17/h6-7,9-10,20H,3-5,8H2,1-2H3. The van der Waals surface area contributed by atoms with Gasteiger partial charge in [-0.15, -0.1) is 22.9 Å². The number of sulfonamides is 1. The number of hydrogen-bond acceptors (Lipinski definition) is 6. The Morgan fingerprint density at radius 1 is 1.15 bits per heavy atom. The minimum atomic E-state index is -3.87. The second kappa shape index (κ2) is 9.64. The number of ketones is 1. The second-order valence-electron chi connectivity index (χ2n) is 5.49. The molecular formula is C17H19Cl2NO5S2. The van der Waals surface area contributed by atoms with Crippen molar-refractivity contribution in [2.75, 3.05) is 24.8 Å². The number of Topliss-reactive ketones (excluding diaryl/α,β-unsaturated/α-hetero) is 1. The molecule has 0 radical (unpaired) electrons. The van der Waals surface area contributed by atoms with Gasteiger partial charge in [-0.1, -0.05) is 11.6 Å². The Morgan fingerprint density at radius 3 is 2.41 bits per heavy atom. The summed E-state index contributed by atoms with van der Waals surface area (Å²) in [4.78, 5) is 12.5. The molecule has 0 aliphatic rings. The van der Waals surface area contributed by atoms with E-state index in [0.29, 0.717) is 28.8 Å². The number of thiophene rings is 1. The third-order valence-corrected chi connectivity index (χ3v) is 7.02. The second-order valence-corrected chi connectivity index (χ2v) is 9.49. The third-order valence-electron chi connectivity index (χ3n) is 3.67. The molecule has 0 aliphatic heterocycles. The lowest BCUT2D eigenvalue weighted by atomic mass is 10.0. The number of methoxy groups -OCH3 is 2. The number of ether oxygens (including phenoxy) is 2. The zero-order valence-electron chi connectivity index (χ0n) is 14.8. The number of alkyl halides is 1. The molecule has 27 heavy (non-hydrogen) atoms. The normalized spacial score (nSPS) is 11.3. The summed E-state index contributed by atoms with van der Waals surface area (Å²) < 4.78 is 38.5. The molecular weight excluding hydrogens is 433 g/mol. The maximum atomic E-state index is 12.6. The summed E-state index contributed by atoms with van der Waals surface area (Å²) in [5.41, 5.74) is 0.415. The Morgan fingerprint density at radius 2 is 1.85 bits per heavy atom. The van der Waals surface area contributed by atoms with Gasteiger partial charge in [0, 0.05) is 18.4 Å². The third kappa shape index (κ3) is 5.51. The summed E-state index contributed by atoms with van der Waals surface area (Å²) in [7, 11) is -1.04. The first-order chi connectivity index (χ1) is 12.8. The van der Waals surface area contributed by atoms with Crippen molar-refractivity contribution in [3.05, 3.63) is 34.2 Å². The molecule has 1 aromatic heterocycles. The fraction of sp³-hybridized carbons (Fsp3) is 0.353. The molecule has 1 N–H and O–H groups in total. The SMILES string of the molecule is COc1cc(OC)c(C(=O)CCCCCl)cc1NS(=O)(=O)c1ccc(Cl)s1. The number of rotatable bonds is 10. The summed E-state index contributed by atoms with van der Waals surface area (Å²) in [6, 6.07) is 5.81. The van der Waals surface area contributed by atoms with E-state index < -0.39 is 10.0 Å². The number of benzene rings is 1. The maximum Gasteiger partial charge on any atom is 0.271 e. The number of hydrogen-bond donors (Lipinski definition) is 1. The number of carbonyl (C=O) groups excluding carboxylic acids is 1. The van der Waals surface area contributed by atoms with Crippen molar-refractivity contribution in [3.8, 4) is 11.5 Å². The van der Waals surface area contributed by atoms with Gasteiger partial charge < -0.3 is 9.47 Å². The zero-order valence-corrected chi connectivity index (χ0v) is 17.9. The van der Waals surface area contributed by atoms with Gasteiger partial charge >= 0.3 is 0 Å².